The highest BCUT2D eigenvalue weighted by molar-refractivity contribution is 5.98. The maximum Gasteiger partial charge on any atom is 0.418 e. The van der Waals surface area contributed by atoms with Crippen molar-refractivity contribution in [2.75, 3.05) is 6.54 Å². The Labute approximate surface area is 432 Å². The Morgan fingerprint density at radius 2 is 1.19 bits per heavy atom. The summed E-state index contributed by atoms with van der Waals surface area (Å²) in [5.41, 5.74) is 0.363. The van der Waals surface area contributed by atoms with E-state index in [2.05, 4.69) is 21.3 Å². The Kier molecular flexibility index (Phi) is 19.9. The van der Waals surface area contributed by atoms with E-state index in [0.717, 1.165) is 10.5 Å². The lowest BCUT2D eigenvalue weighted by Gasteiger charge is -2.31. The fraction of sp³-hybridized carbons (Fsp3) is 0.491. The summed E-state index contributed by atoms with van der Waals surface area (Å²) in [6.45, 7) is 16.8. The first-order valence-electron chi connectivity index (χ1n) is 24.9. The van der Waals surface area contributed by atoms with Crippen LogP contribution >= 0.6 is 0 Å². The van der Waals surface area contributed by atoms with Gasteiger partial charge in [0.05, 0.1) is 18.0 Å². The third kappa shape index (κ3) is 16.9. The summed E-state index contributed by atoms with van der Waals surface area (Å²) >= 11 is 0. The van der Waals surface area contributed by atoms with Crippen molar-refractivity contribution < 1.29 is 62.4 Å². The normalized spacial score (nSPS) is 16.4. The zero-order chi connectivity index (χ0) is 54.5. The van der Waals surface area contributed by atoms with Gasteiger partial charge in [-0.05, 0) is 89.0 Å². The number of para-hydroxylation sites is 1. The molecule has 0 radical (unpaired) electrons. The first-order chi connectivity index (χ1) is 34.8. The number of hydrogen-bond acceptors (Lipinski definition) is 13. The number of benzene rings is 3. The fourth-order valence-corrected chi connectivity index (χ4v) is 8.21. The van der Waals surface area contributed by atoms with Crippen molar-refractivity contribution in [3.8, 4) is 0 Å². The number of nitrogens with one attached hydrogen (secondary N) is 4. The number of nitrogens with zero attached hydrogens (tertiary/aromatic N) is 2. The SMILES string of the molecule is CC(C)C[C@H](NC(=O)[C@H](NC(=O)[C@@H]1C(O)CCN1C(=O)OC(C)(C)C)C(C)C)C(=O)N[C@H](Cc1cn(C(=O)OCc2ccccc2)c2ccccc12)C(=O)N[C@H](CC(=O)OCc1ccccc1)C(=O)OC(C)(C)C. The average Bonchev–Trinajstić information content (AvgIpc) is 3.90. The van der Waals surface area contributed by atoms with Crippen molar-refractivity contribution in [3.63, 3.8) is 0 Å². The number of ether oxygens (including phenoxy) is 4. The molecule has 4 aromatic rings. The summed E-state index contributed by atoms with van der Waals surface area (Å²) in [6.07, 6.45) is -2.04. The summed E-state index contributed by atoms with van der Waals surface area (Å²) < 4.78 is 23.6. The van der Waals surface area contributed by atoms with Gasteiger partial charge in [-0.15, -0.1) is 0 Å². The van der Waals surface area contributed by atoms with Gasteiger partial charge in [-0.2, -0.15) is 0 Å². The molecule has 19 heteroatoms. The molecule has 0 saturated carbocycles. The number of aliphatic hydroxyl groups is 1. The van der Waals surface area contributed by atoms with Crippen LogP contribution in [0.1, 0.15) is 105 Å². The molecule has 5 N–H and O–H groups in total. The predicted molar refractivity (Wildman–Crippen MR) is 274 cm³/mol. The minimum Gasteiger partial charge on any atom is -0.461 e. The van der Waals surface area contributed by atoms with Crippen LogP contribution < -0.4 is 21.3 Å². The lowest BCUT2D eigenvalue weighted by Crippen LogP contribution is -2.61. The van der Waals surface area contributed by atoms with Crippen LogP contribution in [0.5, 0.6) is 0 Å². The zero-order valence-corrected chi connectivity index (χ0v) is 44.0. The summed E-state index contributed by atoms with van der Waals surface area (Å²) in [5, 5.41) is 22.2. The summed E-state index contributed by atoms with van der Waals surface area (Å²) in [5.74, 6) is -5.84. The molecule has 1 aliphatic rings. The number of aromatic nitrogens is 1. The zero-order valence-electron chi connectivity index (χ0n) is 44.0. The smallest absolute Gasteiger partial charge is 0.418 e. The third-order valence-electron chi connectivity index (χ3n) is 11.7. The van der Waals surface area contributed by atoms with Gasteiger partial charge in [0.25, 0.3) is 0 Å². The van der Waals surface area contributed by atoms with Gasteiger partial charge >= 0.3 is 24.1 Å². The number of aliphatic hydroxyl groups excluding tert-OH is 1. The van der Waals surface area contributed by atoms with Crippen molar-refractivity contribution in [1.29, 1.82) is 0 Å². The van der Waals surface area contributed by atoms with E-state index < -0.39 is 108 Å². The minimum absolute atomic E-state index is 0.0280. The minimum atomic E-state index is -1.59. The molecular weight excluding hydrogens is 953 g/mol. The van der Waals surface area contributed by atoms with Crippen LogP contribution in [0.25, 0.3) is 10.9 Å². The summed E-state index contributed by atoms with van der Waals surface area (Å²) in [7, 11) is 0. The molecular formula is C55H72N6O13. The van der Waals surface area contributed by atoms with E-state index in [9.17, 15) is 43.5 Å². The van der Waals surface area contributed by atoms with Crippen molar-refractivity contribution in [2.24, 2.45) is 11.8 Å². The van der Waals surface area contributed by atoms with Crippen LogP contribution in [0, 0.1) is 11.8 Å². The molecule has 2 heterocycles. The number of hydrogen-bond donors (Lipinski definition) is 5. The van der Waals surface area contributed by atoms with Crippen molar-refractivity contribution in [1.82, 2.24) is 30.7 Å². The van der Waals surface area contributed by atoms with Crippen LogP contribution in [0.15, 0.2) is 91.1 Å². The first kappa shape index (κ1) is 57.6. The Bertz CT molecular complexity index is 2600. The largest absolute Gasteiger partial charge is 0.461 e. The van der Waals surface area contributed by atoms with Gasteiger partial charge in [-0.1, -0.05) is 107 Å². The van der Waals surface area contributed by atoms with Gasteiger partial charge in [0.1, 0.15) is 54.6 Å². The molecule has 1 saturated heterocycles. The molecule has 5 amide bonds. The van der Waals surface area contributed by atoms with E-state index in [1.165, 1.54) is 10.8 Å². The Morgan fingerprint density at radius 3 is 1.77 bits per heavy atom. The van der Waals surface area contributed by atoms with E-state index in [0.29, 0.717) is 22.0 Å². The molecule has 400 valence electrons. The van der Waals surface area contributed by atoms with Gasteiger partial charge in [0.15, 0.2) is 0 Å². The van der Waals surface area contributed by atoms with Crippen LogP contribution in [-0.4, -0.2) is 116 Å². The fourth-order valence-electron chi connectivity index (χ4n) is 8.21. The number of carbonyl (C=O) groups excluding carboxylic acids is 8. The molecule has 0 spiro atoms. The molecule has 3 aromatic carbocycles. The van der Waals surface area contributed by atoms with Crippen molar-refractivity contribution in [2.45, 2.75) is 156 Å². The van der Waals surface area contributed by atoms with E-state index in [-0.39, 0.29) is 44.9 Å². The van der Waals surface area contributed by atoms with Crippen LogP contribution in [-0.2, 0) is 67.3 Å². The van der Waals surface area contributed by atoms with Crippen LogP contribution in [0.3, 0.4) is 0 Å². The summed E-state index contributed by atoms with van der Waals surface area (Å²) in [4.78, 5) is 113. The van der Waals surface area contributed by atoms with Crippen LogP contribution in [0.2, 0.25) is 0 Å². The van der Waals surface area contributed by atoms with Crippen molar-refractivity contribution in [3.05, 3.63) is 108 Å². The lowest BCUT2D eigenvalue weighted by molar-refractivity contribution is -0.162. The summed E-state index contributed by atoms with van der Waals surface area (Å²) in [6, 6.07) is 17.8. The molecule has 0 aliphatic carbocycles. The molecule has 1 aliphatic heterocycles. The van der Waals surface area contributed by atoms with E-state index >= 15 is 0 Å². The molecule has 19 nitrogen and oxygen atoms in total. The number of fused-ring (bicyclic) bond motifs is 1. The standard InChI is InChI=1S/C55H72N6O13/c1-33(2)27-39(57-49(66)45(34(3)4)59-50(67)46-43(62)25-26-60(46)53(70)74-55(8,9)10)47(64)56-40(28-37-30-61(42-24-18-17-23-38(37)42)52(69)72-32-36-21-15-12-16-22-36)48(65)58-41(51(68)73-54(5,6)7)29-44(63)71-31-35-19-13-11-14-20-35/h11-24,30,33-34,39-41,43,45-46,62H,25-29,31-32H2,1-10H3,(H,56,64)(H,57,66)(H,58,65)(H,59,67)/t39-,40+,41+,43?,45+,46-/m0/s1. The van der Waals surface area contributed by atoms with Gasteiger partial charge < -0.3 is 45.3 Å². The third-order valence-corrected chi connectivity index (χ3v) is 11.7. The Hall–Kier alpha value is -7.28. The highest BCUT2D eigenvalue weighted by Gasteiger charge is 2.44. The molecule has 1 unspecified atom stereocenters. The number of rotatable bonds is 20. The number of esters is 2. The maximum atomic E-state index is 14.8. The molecule has 74 heavy (non-hydrogen) atoms. The van der Waals surface area contributed by atoms with E-state index in [1.54, 1.807) is 110 Å². The average molecular weight is 1030 g/mol. The Balaban J connectivity index is 1.46. The molecule has 1 aromatic heterocycles. The second-order valence-electron chi connectivity index (χ2n) is 21.2. The van der Waals surface area contributed by atoms with Crippen LogP contribution in [0.4, 0.5) is 9.59 Å². The predicted octanol–water partition coefficient (Wildman–Crippen LogP) is 5.86. The molecule has 6 atom stereocenters. The van der Waals surface area contributed by atoms with Gasteiger partial charge in [0.2, 0.25) is 23.6 Å². The van der Waals surface area contributed by atoms with Gasteiger partial charge in [0, 0.05) is 24.5 Å². The highest BCUT2D eigenvalue weighted by Crippen LogP contribution is 2.25. The van der Waals surface area contributed by atoms with Crippen molar-refractivity contribution >= 4 is 58.7 Å². The van der Waals surface area contributed by atoms with E-state index in [4.69, 9.17) is 18.9 Å². The topological polar surface area (TPSA) is 250 Å². The molecule has 5 rings (SSSR count). The number of amides is 5. The number of likely N-dealkylation sites (tertiary alicyclic amines) is 1. The highest BCUT2D eigenvalue weighted by atomic mass is 16.6. The molecule has 1 fully saturated rings. The van der Waals surface area contributed by atoms with Gasteiger partial charge in [-0.3, -0.25) is 33.4 Å². The number of carbonyl (C=O) groups is 8. The monoisotopic (exact) mass is 1020 g/mol. The second kappa shape index (κ2) is 25.6. The molecule has 0 bridgehead atoms. The maximum absolute atomic E-state index is 14.8. The quantitative estimate of drug-likeness (QED) is 0.0515. The lowest BCUT2D eigenvalue weighted by atomic mass is 9.98. The first-order valence-corrected chi connectivity index (χ1v) is 24.9. The van der Waals surface area contributed by atoms with E-state index in [1.807, 2.05) is 44.2 Å². The Morgan fingerprint density at radius 1 is 0.649 bits per heavy atom. The van der Waals surface area contributed by atoms with Gasteiger partial charge in [-0.25, -0.2) is 14.4 Å². The second-order valence-corrected chi connectivity index (χ2v) is 21.2.